The maximum Gasteiger partial charge on any atom is 0.126 e. The Balaban J connectivity index is 2.10. The molecule has 1 unspecified atom stereocenters. The largest absolute Gasteiger partial charge is 0.363 e. The van der Waals surface area contributed by atoms with Crippen molar-refractivity contribution in [3.8, 4) is 0 Å². The molecule has 84 valence electrons. The van der Waals surface area contributed by atoms with Crippen LogP contribution in [0.2, 0.25) is 4.34 Å². The van der Waals surface area contributed by atoms with Gasteiger partial charge in [-0.1, -0.05) is 11.6 Å². The number of aromatic nitrogens is 1. The fourth-order valence-electron chi connectivity index (χ4n) is 1.47. The van der Waals surface area contributed by atoms with Crippen LogP contribution in [0.3, 0.4) is 0 Å². The van der Waals surface area contributed by atoms with Crippen LogP contribution in [0.25, 0.3) is 0 Å². The van der Waals surface area contributed by atoms with Crippen molar-refractivity contribution in [1.82, 2.24) is 4.98 Å². The highest BCUT2D eigenvalue weighted by molar-refractivity contribution is 7.16. The molecule has 0 fully saturated rings. The molecule has 0 saturated carbocycles. The third-order valence-corrected chi connectivity index (χ3v) is 3.71. The molecule has 1 atom stereocenters. The zero-order valence-corrected chi connectivity index (χ0v) is 10.8. The lowest BCUT2D eigenvalue weighted by atomic mass is 10.2. The lowest BCUT2D eigenvalue weighted by molar-refractivity contribution is 0.896. The Morgan fingerprint density at radius 3 is 2.81 bits per heavy atom. The molecule has 0 aliphatic rings. The van der Waals surface area contributed by atoms with E-state index in [1.807, 2.05) is 30.5 Å². The Bertz CT molecular complexity index is 481. The van der Waals surface area contributed by atoms with Crippen LogP contribution in [0.4, 0.5) is 5.82 Å². The highest BCUT2D eigenvalue weighted by Gasteiger charge is 2.08. The summed E-state index contributed by atoms with van der Waals surface area (Å²) in [7, 11) is 0. The van der Waals surface area contributed by atoms with Crippen LogP contribution in [-0.4, -0.2) is 4.98 Å². The molecular formula is C12H13ClN2S. The van der Waals surface area contributed by atoms with Crippen LogP contribution in [-0.2, 0) is 0 Å². The summed E-state index contributed by atoms with van der Waals surface area (Å²) >= 11 is 7.50. The minimum atomic E-state index is 0.229. The summed E-state index contributed by atoms with van der Waals surface area (Å²) in [5, 5.41) is 3.35. The average molecular weight is 253 g/mol. The topological polar surface area (TPSA) is 24.9 Å². The molecule has 0 aliphatic carbocycles. The number of anilines is 1. The van der Waals surface area contributed by atoms with Gasteiger partial charge < -0.3 is 5.32 Å². The van der Waals surface area contributed by atoms with Gasteiger partial charge >= 0.3 is 0 Å². The molecule has 0 radical (unpaired) electrons. The van der Waals surface area contributed by atoms with Crippen LogP contribution in [0, 0.1) is 6.92 Å². The molecule has 0 aromatic carbocycles. The first-order valence-corrected chi connectivity index (χ1v) is 6.29. The van der Waals surface area contributed by atoms with Crippen LogP contribution in [0.15, 0.2) is 30.5 Å². The number of hydrogen-bond donors (Lipinski definition) is 1. The molecule has 4 heteroatoms. The van der Waals surface area contributed by atoms with Crippen LogP contribution in [0.1, 0.15) is 23.4 Å². The van der Waals surface area contributed by atoms with Crippen molar-refractivity contribution >= 4 is 28.8 Å². The molecule has 2 aromatic heterocycles. The number of pyridine rings is 1. The second-order valence-electron chi connectivity index (χ2n) is 3.73. The van der Waals surface area contributed by atoms with E-state index in [0.29, 0.717) is 0 Å². The molecule has 0 spiro atoms. The molecule has 0 amide bonds. The average Bonchev–Trinajstić information content (AvgIpc) is 2.65. The molecule has 0 aliphatic heterocycles. The minimum Gasteiger partial charge on any atom is -0.363 e. The van der Waals surface area contributed by atoms with E-state index in [0.717, 1.165) is 10.2 Å². The van der Waals surface area contributed by atoms with Crippen molar-refractivity contribution in [1.29, 1.82) is 0 Å². The SMILES string of the molecule is Cc1ccnc(NC(C)c2ccc(Cl)s2)c1. The minimum absolute atomic E-state index is 0.229. The predicted octanol–water partition coefficient (Wildman–Crippen LogP) is 4.28. The molecule has 2 nitrogen and oxygen atoms in total. The summed E-state index contributed by atoms with van der Waals surface area (Å²) < 4.78 is 0.820. The normalized spacial score (nSPS) is 12.4. The summed E-state index contributed by atoms with van der Waals surface area (Å²) in [6.07, 6.45) is 1.81. The Kier molecular flexibility index (Phi) is 3.46. The van der Waals surface area contributed by atoms with Crippen molar-refractivity contribution < 1.29 is 0 Å². The van der Waals surface area contributed by atoms with Crippen molar-refractivity contribution in [3.63, 3.8) is 0 Å². The second kappa shape index (κ2) is 4.85. The van der Waals surface area contributed by atoms with Gasteiger partial charge in [0.25, 0.3) is 0 Å². The monoisotopic (exact) mass is 252 g/mol. The Morgan fingerprint density at radius 2 is 2.19 bits per heavy atom. The van der Waals surface area contributed by atoms with E-state index in [2.05, 4.69) is 24.1 Å². The fraction of sp³-hybridized carbons (Fsp3) is 0.250. The molecule has 1 N–H and O–H groups in total. The smallest absolute Gasteiger partial charge is 0.126 e. The van der Waals surface area contributed by atoms with Gasteiger partial charge in [0.15, 0.2) is 0 Å². The first-order valence-electron chi connectivity index (χ1n) is 5.09. The number of rotatable bonds is 3. The first-order chi connectivity index (χ1) is 7.65. The van der Waals surface area contributed by atoms with E-state index in [1.54, 1.807) is 11.3 Å². The number of aryl methyl sites for hydroxylation is 1. The van der Waals surface area contributed by atoms with Crippen molar-refractivity contribution in [3.05, 3.63) is 45.2 Å². The van der Waals surface area contributed by atoms with Gasteiger partial charge in [0.2, 0.25) is 0 Å². The zero-order chi connectivity index (χ0) is 11.5. The number of nitrogens with zero attached hydrogens (tertiary/aromatic N) is 1. The summed E-state index contributed by atoms with van der Waals surface area (Å²) in [6, 6.07) is 8.21. The lowest BCUT2D eigenvalue weighted by Crippen LogP contribution is -2.06. The number of halogens is 1. The van der Waals surface area contributed by atoms with E-state index in [-0.39, 0.29) is 6.04 Å². The third kappa shape index (κ3) is 2.74. The van der Waals surface area contributed by atoms with Crippen molar-refractivity contribution in [2.24, 2.45) is 0 Å². The zero-order valence-electron chi connectivity index (χ0n) is 9.20. The maximum absolute atomic E-state index is 5.91. The van der Waals surface area contributed by atoms with Gasteiger partial charge in [0.05, 0.1) is 10.4 Å². The van der Waals surface area contributed by atoms with Crippen LogP contribution >= 0.6 is 22.9 Å². The molecule has 16 heavy (non-hydrogen) atoms. The van der Waals surface area contributed by atoms with Gasteiger partial charge in [-0.25, -0.2) is 4.98 Å². The second-order valence-corrected chi connectivity index (χ2v) is 5.47. The molecule has 0 bridgehead atoms. The van der Waals surface area contributed by atoms with Crippen molar-refractivity contribution in [2.45, 2.75) is 19.9 Å². The van der Waals surface area contributed by atoms with Crippen molar-refractivity contribution in [2.75, 3.05) is 5.32 Å². The van der Waals surface area contributed by atoms with E-state index in [4.69, 9.17) is 11.6 Å². The quantitative estimate of drug-likeness (QED) is 0.882. The highest BCUT2D eigenvalue weighted by atomic mass is 35.5. The summed E-state index contributed by atoms with van der Waals surface area (Å²) in [4.78, 5) is 5.49. The first kappa shape index (κ1) is 11.4. The van der Waals surface area contributed by atoms with Crippen LogP contribution < -0.4 is 5.32 Å². The number of hydrogen-bond acceptors (Lipinski definition) is 3. The maximum atomic E-state index is 5.91. The van der Waals surface area contributed by atoms with E-state index >= 15 is 0 Å². The summed E-state index contributed by atoms with van der Waals surface area (Å²) in [5.41, 5.74) is 1.20. The standard InChI is InChI=1S/C12H13ClN2S/c1-8-5-6-14-12(7-8)15-9(2)10-3-4-11(13)16-10/h3-7,9H,1-2H3,(H,14,15). The highest BCUT2D eigenvalue weighted by Crippen LogP contribution is 2.28. The molecule has 2 rings (SSSR count). The van der Waals surface area contributed by atoms with E-state index < -0.39 is 0 Å². The molecule has 2 aromatic rings. The van der Waals surface area contributed by atoms with Gasteiger partial charge in [0.1, 0.15) is 5.82 Å². The van der Waals surface area contributed by atoms with Gasteiger partial charge in [-0.3, -0.25) is 0 Å². The van der Waals surface area contributed by atoms with E-state index in [9.17, 15) is 0 Å². The summed E-state index contributed by atoms with van der Waals surface area (Å²) in [5.74, 6) is 0.900. The van der Waals surface area contributed by atoms with Gasteiger partial charge in [-0.2, -0.15) is 0 Å². The third-order valence-electron chi connectivity index (χ3n) is 2.30. The van der Waals surface area contributed by atoms with Crippen LogP contribution in [0.5, 0.6) is 0 Å². The fourth-order valence-corrected chi connectivity index (χ4v) is 2.53. The number of thiophene rings is 1. The Hall–Kier alpha value is -1.06. The molecular weight excluding hydrogens is 240 g/mol. The Labute approximate surface area is 104 Å². The van der Waals surface area contributed by atoms with Gasteiger partial charge in [0, 0.05) is 11.1 Å². The van der Waals surface area contributed by atoms with Gasteiger partial charge in [-0.05, 0) is 43.7 Å². The lowest BCUT2D eigenvalue weighted by Gasteiger charge is -2.12. The molecule has 2 heterocycles. The van der Waals surface area contributed by atoms with E-state index in [1.165, 1.54) is 10.4 Å². The molecule has 0 saturated heterocycles. The number of nitrogens with one attached hydrogen (secondary N) is 1. The Morgan fingerprint density at radius 1 is 1.38 bits per heavy atom. The van der Waals surface area contributed by atoms with Gasteiger partial charge in [-0.15, -0.1) is 11.3 Å². The predicted molar refractivity (Wildman–Crippen MR) is 70.3 cm³/mol. The summed E-state index contributed by atoms with van der Waals surface area (Å²) in [6.45, 7) is 4.16.